The molecule has 0 aliphatic heterocycles. The maximum Gasteiger partial charge on any atom is 0.285 e. The standard InChI is InChI=1S/C17H15N5O2/c1-10-5-4-6-13(7-10)16-19-15(21-24-16)9-22-17(23)14(8-18)11(2)12(3)20-22/h4-7H,9H2,1-3H3. The Morgan fingerprint density at radius 1 is 1.29 bits per heavy atom. The van der Waals surface area contributed by atoms with E-state index in [2.05, 4.69) is 15.2 Å². The fourth-order valence-corrected chi connectivity index (χ4v) is 2.36. The molecule has 0 amide bonds. The average Bonchev–Trinajstić information content (AvgIpc) is 3.02. The van der Waals surface area contributed by atoms with Crippen LogP contribution in [0.2, 0.25) is 0 Å². The van der Waals surface area contributed by atoms with Gasteiger partial charge in [-0.25, -0.2) is 4.68 Å². The van der Waals surface area contributed by atoms with Crippen LogP contribution in [0.15, 0.2) is 33.6 Å². The second-order valence-corrected chi connectivity index (χ2v) is 5.55. The molecule has 0 spiro atoms. The van der Waals surface area contributed by atoms with Crippen LogP contribution in [0.1, 0.15) is 28.2 Å². The zero-order chi connectivity index (χ0) is 17.3. The van der Waals surface area contributed by atoms with Gasteiger partial charge in [-0.1, -0.05) is 22.9 Å². The molecule has 0 aliphatic carbocycles. The van der Waals surface area contributed by atoms with E-state index in [4.69, 9.17) is 9.78 Å². The summed E-state index contributed by atoms with van der Waals surface area (Å²) in [5.41, 5.74) is 2.73. The van der Waals surface area contributed by atoms with Crippen molar-refractivity contribution in [2.24, 2.45) is 0 Å². The molecule has 0 N–H and O–H groups in total. The van der Waals surface area contributed by atoms with Gasteiger partial charge in [0.25, 0.3) is 11.4 Å². The Morgan fingerprint density at radius 3 is 2.79 bits per heavy atom. The molecule has 2 aromatic heterocycles. The summed E-state index contributed by atoms with van der Waals surface area (Å²) in [7, 11) is 0. The van der Waals surface area contributed by atoms with Crippen LogP contribution in [0.3, 0.4) is 0 Å². The van der Waals surface area contributed by atoms with E-state index in [0.29, 0.717) is 23.0 Å². The third-order valence-corrected chi connectivity index (χ3v) is 3.77. The first-order valence-corrected chi connectivity index (χ1v) is 7.37. The lowest BCUT2D eigenvalue weighted by atomic mass is 10.1. The number of hydrogen-bond acceptors (Lipinski definition) is 6. The van der Waals surface area contributed by atoms with Crippen LogP contribution < -0.4 is 5.56 Å². The summed E-state index contributed by atoms with van der Waals surface area (Å²) < 4.78 is 6.45. The summed E-state index contributed by atoms with van der Waals surface area (Å²) in [4.78, 5) is 16.6. The molecule has 0 radical (unpaired) electrons. The Kier molecular flexibility index (Phi) is 3.96. The minimum atomic E-state index is -0.456. The maximum absolute atomic E-state index is 12.3. The lowest BCUT2D eigenvalue weighted by molar-refractivity contribution is 0.417. The first kappa shape index (κ1) is 15.6. The van der Waals surface area contributed by atoms with Crippen LogP contribution in [0.25, 0.3) is 11.5 Å². The molecule has 1 aromatic carbocycles. The lowest BCUT2D eigenvalue weighted by Crippen LogP contribution is -2.28. The van der Waals surface area contributed by atoms with E-state index in [9.17, 15) is 4.79 Å². The highest BCUT2D eigenvalue weighted by Gasteiger charge is 2.15. The molecule has 0 saturated heterocycles. The van der Waals surface area contributed by atoms with Crippen molar-refractivity contribution in [3.63, 3.8) is 0 Å². The fourth-order valence-electron chi connectivity index (χ4n) is 2.36. The molecule has 0 aliphatic rings. The van der Waals surface area contributed by atoms with Crippen molar-refractivity contribution in [3.8, 4) is 17.5 Å². The third-order valence-electron chi connectivity index (χ3n) is 3.77. The smallest absolute Gasteiger partial charge is 0.285 e. The van der Waals surface area contributed by atoms with E-state index in [0.717, 1.165) is 11.1 Å². The molecule has 0 bridgehead atoms. The minimum Gasteiger partial charge on any atom is -0.334 e. The van der Waals surface area contributed by atoms with Crippen LogP contribution >= 0.6 is 0 Å². The van der Waals surface area contributed by atoms with Gasteiger partial charge in [-0.3, -0.25) is 4.79 Å². The molecule has 2 heterocycles. The van der Waals surface area contributed by atoms with Crippen LogP contribution in [0.5, 0.6) is 0 Å². The van der Waals surface area contributed by atoms with Gasteiger partial charge in [0, 0.05) is 5.56 Å². The predicted octanol–water partition coefficient (Wildman–Crippen LogP) is 2.14. The maximum atomic E-state index is 12.3. The van der Waals surface area contributed by atoms with Gasteiger partial charge in [-0.05, 0) is 38.5 Å². The second kappa shape index (κ2) is 6.08. The van der Waals surface area contributed by atoms with Crippen molar-refractivity contribution < 1.29 is 4.52 Å². The summed E-state index contributed by atoms with van der Waals surface area (Å²) in [6.07, 6.45) is 0. The Morgan fingerprint density at radius 2 is 2.08 bits per heavy atom. The normalized spacial score (nSPS) is 10.6. The van der Waals surface area contributed by atoms with Crippen LogP contribution in [0.4, 0.5) is 0 Å². The summed E-state index contributed by atoms with van der Waals surface area (Å²) in [6.45, 7) is 5.48. The number of nitrogens with zero attached hydrogens (tertiary/aromatic N) is 5. The first-order valence-electron chi connectivity index (χ1n) is 7.37. The quantitative estimate of drug-likeness (QED) is 0.733. The Balaban J connectivity index is 1.95. The number of rotatable bonds is 3. The van der Waals surface area contributed by atoms with Gasteiger partial charge in [0.05, 0.1) is 5.69 Å². The molecule has 0 atom stereocenters. The second-order valence-electron chi connectivity index (χ2n) is 5.55. The third kappa shape index (κ3) is 2.82. The van der Waals surface area contributed by atoms with Crippen molar-refractivity contribution in [1.29, 1.82) is 5.26 Å². The van der Waals surface area contributed by atoms with Crippen LogP contribution in [-0.4, -0.2) is 19.9 Å². The van der Waals surface area contributed by atoms with Crippen LogP contribution in [0, 0.1) is 32.1 Å². The van der Waals surface area contributed by atoms with E-state index in [-0.39, 0.29) is 12.1 Å². The van der Waals surface area contributed by atoms with Gasteiger partial charge >= 0.3 is 0 Å². The van der Waals surface area contributed by atoms with Gasteiger partial charge in [0.1, 0.15) is 18.2 Å². The van der Waals surface area contributed by atoms with Gasteiger partial charge in [-0.15, -0.1) is 0 Å². The highest BCUT2D eigenvalue weighted by atomic mass is 16.5. The van der Waals surface area contributed by atoms with E-state index in [1.54, 1.807) is 13.8 Å². The molecule has 0 fully saturated rings. The molecular formula is C17H15N5O2. The highest BCUT2D eigenvalue weighted by Crippen LogP contribution is 2.18. The number of hydrogen-bond donors (Lipinski definition) is 0. The number of benzene rings is 1. The van der Waals surface area contributed by atoms with Gasteiger partial charge < -0.3 is 4.52 Å². The molecule has 24 heavy (non-hydrogen) atoms. The molecule has 3 rings (SSSR count). The molecule has 7 nitrogen and oxygen atoms in total. The van der Waals surface area contributed by atoms with E-state index in [1.807, 2.05) is 37.3 Å². The lowest BCUT2D eigenvalue weighted by Gasteiger charge is -2.06. The number of aromatic nitrogens is 4. The van der Waals surface area contributed by atoms with E-state index < -0.39 is 5.56 Å². The van der Waals surface area contributed by atoms with Crippen molar-refractivity contribution in [1.82, 2.24) is 19.9 Å². The first-order chi connectivity index (χ1) is 11.5. The average molecular weight is 321 g/mol. The summed E-state index contributed by atoms with van der Waals surface area (Å²) in [6, 6.07) is 9.62. The SMILES string of the molecule is Cc1cccc(-c2nc(Cn3nc(C)c(C)c(C#N)c3=O)no2)c1. The van der Waals surface area contributed by atoms with E-state index >= 15 is 0 Å². The van der Waals surface area contributed by atoms with Crippen molar-refractivity contribution >= 4 is 0 Å². The Labute approximate surface area is 138 Å². The highest BCUT2D eigenvalue weighted by molar-refractivity contribution is 5.53. The Bertz CT molecular complexity index is 1010. The predicted molar refractivity (Wildman–Crippen MR) is 86.3 cm³/mol. The largest absolute Gasteiger partial charge is 0.334 e. The molecule has 0 unspecified atom stereocenters. The summed E-state index contributed by atoms with van der Waals surface area (Å²) >= 11 is 0. The van der Waals surface area contributed by atoms with Gasteiger partial charge in [0.15, 0.2) is 5.82 Å². The van der Waals surface area contributed by atoms with Crippen molar-refractivity contribution in [2.45, 2.75) is 27.3 Å². The number of aryl methyl sites for hydroxylation is 2. The minimum absolute atomic E-state index is 0.0456. The molecule has 120 valence electrons. The Hall–Kier alpha value is -3.27. The zero-order valence-corrected chi connectivity index (χ0v) is 13.6. The topological polar surface area (TPSA) is 97.6 Å². The van der Waals surface area contributed by atoms with Gasteiger partial charge in [0.2, 0.25) is 0 Å². The zero-order valence-electron chi connectivity index (χ0n) is 13.6. The molecule has 7 heteroatoms. The van der Waals surface area contributed by atoms with Crippen molar-refractivity contribution in [2.75, 3.05) is 0 Å². The number of nitriles is 1. The van der Waals surface area contributed by atoms with Crippen molar-refractivity contribution in [3.05, 3.63) is 62.8 Å². The monoisotopic (exact) mass is 321 g/mol. The molecular weight excluding hydrogens is 306 g/mol. The summed E-state index contributed by atoms with van der Waals surface area (Å²) in [5.74, 6) is 0.708. The van der Waals surface area contributed by atoms with Crippen LogP contribution in [-0.2, 0) is 6.54 Å². The fraction of sp³-hybridized carbons (Fsp3) is 0.235. The van der Waals surface area contributed by atoms with E-state index in [1.165, 1.54) is 4.68 Å². The van der Waals surface area contributed by atoms with Gasteiger partial charge in [-0.2, -0.15) is 15.3 Å². The molecule has 3 aromatic rings. The summed E-state index contributed by atoms with van der Waals surface area (Å²) in [5, 5.41) is 17.3. The molecule has 0 saturated carbocycles.